The van der Waals surface area contributed by atoms with Gasteiger partial charge < -0.3 is 14.6 Å². The average molecular weight is 527 g/mol. The van der Waals surface area contributed by atoms with Gasteiger partial charge in [0.2, 0.25) is 5.91 Å². The number of aliphatic carboxylic acids is 1. The van der Waals surface area contributed by atoms with Crippen molar-refractivity contribution in [2.24, 2.45) is 0 Å². The SMILES string of the molecule is CCn1c(CCC2CCCN2C(=O)C2CCCN2C(CC)(C(=O)O)c2ccccc2)cc2ccc(C#N)cc21. The van der Waals surface area contributed by atoms with E-state index in [4.69, 9.17) is 0 Å². The Kier molecular flexibility index (Phi) is 7.76. The molecule has 2 aromatic carbocycles. The molecule has 7 heteroatoms. The van der Waals surface area contributed by atoms with E-state index in [9.17, 15) is 20.0 Å². The zero-order chi connectivity index (χ0) is 27.6. The van der Waals surface area contributed by atoms with Crippen LogP contribution in [0.25, 0.3) is 10.9 Å². The maximum atomic E-state index is 14.1. The molecule has 1 amide bonds. The van der Waals surface area contributed by atoms with Gasteiger partial charge in [-0.25, -0.2) is 4.79 Å². The second kappa shape index (κ2) is 11.2. The van der Waals surface area contributed by atoms with E-state index in [-0.39, 0.29) is 11.9 Å². The number of carboxylic acid groups (broad SMARTS) is 1. The van der Waals surface area contributed by atoms with Crippen LogP contribution in [0.1, 0.15) is 69.2 Å². The van der Waals surface area contributed by atoms with Crippen molar-refractivity contribution < 1.29 is 14.7 Å². The molecule has 3 atom stereocenters. The third kappa shape index (κ3) is 4.72. The minimum Gasteiger partial charge on any atom is -0.480 e. The molecule has 0 spiro atoms. The number of nitriles is 1. The van der Waals surface area contributed by atoms with Crippen molar-refractivity contribution in [2.75, 3.05) is 13.1 Å². The Hall–Kier alpha value is -3.63. The summed E-state index contributed by atoms with van der Waals surface area (Å²) < 4.78 is 2.28. The molecule has 2 fully saturated rings. The monoisotopic (exact) mass is 526 g/mol. The lowest BCUT2D eigenvalue weighted by Gasteiger charge is -2.42. The summed E-state index contributed by atoms with van der Waals surface area (Å²) in [4.78, 5) is 30.9. The van der Waals surface area contributed by atoms with Crippen LogP contribution in [-0.2, 0) is 28.1 Å². The first-order valence-electron chi connectivity index (χ1n) is 14.3. The molecule has 0 saturated carbocycles. The van der Waals surface area contributed by atoms with Crippen LogP contribution in [-0.4, -0.2) is 56.5 Å². The minimum atomic E-state index is -1.21. The minimum absolute atomic E-state index is 0.0831. The second-order valence-electron chi connectivity index (χ2n) is 10.9. The van der Waals surface area contributed by atoms with Crippen molar-refractivity contribution in [1.29, 1.82) is 5.26 Å². The van der Waals surface area contributed by atoms with E-state index < -0.39 is 17.6 Å². The number of amides is 1. The molecule has 204 valence electrons. The Balaban J connectivity index is 1.36. The summed E-state index contributed by atoms with van der Waals surface area (Å²) in [6.45, 7) is 6.19. The zero-order valence-electron chi connectivity index (χ0n) is 23.0. The number of carbonyl (C=O) groups is 2. The molecule has 2 aliphatic rings. The van der Waals surface area contributed by atoms with Crippen molar-refractivity contribution in [3.63, 3.8) is 0 Å². The van der Waals surface area contributed by atoms with Crippen molar-refractivity contribution in [1.82, 2.24) is 14.4 Å². The molecule has 0 aliphatic carbocycles. The van der Waals surface area contributed by atoms with Crippen LogP contribution < -0.4 is 0 Å². The van der Waals surface area contributed by atoms with E-state index in [1.54, 1.807) is 0 Å². The van der Waals surface area contributed by atoms with E-state index in [0.717, 1.165) is 61.7 Å². The highest BCUT2D eigenvalue weighted by molar-refractivity contribution is 5.86. The number of hydrogen-bond acceptors (Lipinski definition) is 4. The highest BCUT2D eigenvalue weighted by atomic mass is 16.4. The molecule has 2 aliphatic heterocycles. The number of rotatable bonds is 9. The lowest BCUT2D eigenvalue weighted by molar-refractivity contribution is -0.157. The van der Waals surface area contributed by atoms with Crippen LogP contribution in [0.4, 0.5) is 0 Å². The Labute approximate surface area is 230 Å². The number of aromatic nitrogens is 1. The molecule has 2 saturated heterocycles. The summed E-state index contributed by atoms with van der Waals surface area (Å²) >= 11 is 0. The molecule has 3 heterocycles. The predicted molar refractivity (Wildman–Crippen MR) is 151 cm³/mol. The van der Waals surface area contributed by atoms with Crippen LogP contribution in [0.5, 0.6) is 0 Å². The third-order valence-corrected chi connectivity index (χ3v) is 8.97. The maximum Gasteiger partial charge on any atom is 0.328 e. The molecular formula is C32H38N4O3. The van der Waals surface area contributed by atoms with Crippen molar-refractivity contribution in [3.8, 4) is 6.07 Å². The molecule has 0 radical (unpaired) electrons. The lowest BCUT2D eigenvalue weighted by atomic mass is 9.84. The van der Waals surface area contributed by atoms with Crippen LogP contribution in [0.15, 0.2) is 54.6 Å². The molecule has 7 nitrogen and oxygen atoms in total. The Morgan fingerprint density at radius 3 is 2.51 bits per heavy atom. The van der Waals surface area contributed by atoms with Gasteiger partial charge in [0, 0.05) is 36.9 Å². The molecule has 3 aromatic rings. The molecule has 1 aromatic heterocycles. The Morgan fingerprint density at radius 1 is 1.05 bits per heavy atom. The first-order valence-corrected chi connectivity index (χ1v) is 14.3. The number of nitrogens with zero attached hydrogens (tertiary/aromatic N) is 4. The van der Waals surface area contributed by atoms with Gasteiger partial charge in [-0.05, 0) is 81.0 Å². The van der Waals surface area contributed by atoms with Gasteiger partial charge >= 0.3 is 5.97 Å². The highest BCUT2D eigenvalue weighted by Gasteiger charge is 2.51. The average Bonchev–Trinajstić information content (AvgIpc) is 3.71. The lowest BCUT2D eigenvalue weighted by Crippen LogP contribution is -2.58. The fourth-order valence-electron chi connectivity index (χ4n) is 7.06. The number of benzene rings is 2. The molecule has 3 unspecified atom stereocenters. The summed E-state index contributed by atoms with van der Waals surface area (Å²) in [6.07, 6.45) is 5.57. The fraction of sp³-hybridized carbons (Fsp3) is 0.469. The van der Waals surface area contributed by atoms with Gasteiger partial charge in [0.1, 0.15) is 5.54 Å². The van der Waals surface area contributed by atoms with Crippen LogP contribution in [0, 0.1) is 11.3 Å². The van der Waals surface area contributed by atoms with Gasteiger partial charge in [0.25, 0.3) is 0 Å². The molecular weight excluding hydrogens is 488 g/mol. The van der Waals surface area contributed by atoms with Gasteiger partial charge in [-0.2, -0.15) is 5.26 Å². The predicted octanol–water partition coefficient (Wildman–Crippen LogP) is 5.31. The summed E-state index contributed by atoms with van der Waals surface area (Å²) in [5.74, 6) is -0.805. The molecule has 0 bridgehead atoms. The van der Waals surface area contributed by atoms with Crippen LogP contribution in [0.2, 0.25) is 0 Å². The maximum absolute atomic E-state index is 14.1. The fourth-order valence-corrected chi connectivity index (χ4v) is 7.06. The summed E-state index contributed by atoms with van der Waals surface area (Å²) in [7, 11) is 0. The van der Waals surface area contributed by atoms with Crippen LogP contribution in [0.3, 0.4) is 0 Å². The summed E-state index contributed by atoms with van der Waals surface area (Å²) in [5.41, 5.74) is 2.50. The smallest absolute Gasteiger partial charge is 0.328 e. The quantitative estimate of drug-likeness (QED) is 0.408. The zero-order valence-corrected chi connectivity index (χ0v) is 23.0. The molecule has 39 heavy (non-hydrogen) atoms. The standard InChI is InChI=1S/C32H38N4O3/c1-3-32(31(38)39,25-10-6-5-7-11-25)36-19-9-13-28(36)30(37)35-18-8-12-26(35)16-17-27-21-24-15-14-23(22-33)20-29(24)34(27)4-2/h5-7,10-11,14-15,20-21,26,28H,3-4,8-9,12-13,16-19H2,1-2H3,(H,38,39). The third-order valence-electron chi connectivity index (χ3n) is 8.97. The van der Waals surface area contributed by atoms with E-state index >= 15 is 0 Å². The van der Waals surface area contributed by atoms with Crippen LogP contribution >= 0.6 is 0 Å². The largest absolute Gasteiger partial charge is 0.480 e. The van der Waals surface area contributed by atoms with Crippen molar-refractivity contribution >= 4 is 22.8 Å². The number of fused-ring (bicyclic) bond motifs is 1. The number of aryl methyl sites for hydroxylation is 2. The molecule has 5 rings (SSSR count). The molecule has 1 N–H and O–H groups in total. The van der Waals surface area contributed by atoms with E-state index in [1.165, 1.54) is 5.69 Å². The van der Waals surface area contributed by atoms with Crippen molar-refractivity contribution in [3.05, 3.63) is 71.4 Å². The Bertz CT molecular complexity index is 1390. The Morgan fingerprint density at radius 2 is 1.82 bits per heavy atom. The highest BCUT2D eigenvalue weighted by Crippen LogP contribution is 2.40. The first-order chi connectivity index (χ1) is 18.9. The number of carboxylic acids is 1. The van der Waals surface area contributed by atoms with Gasteiger partial charge in [-0.1, -0.05) is 43.3 Å². The summed E-state index contributed by atoms with van der Waals surface area (Å²) in [6, 6.07) is 19.4. The van der Waals surface area contributed by atoms with E-state index in [1.807, 2.05) is 65.3 Å². The first kappa shape index (κ1) is 27.0. The van der Waals surface area contributed by atoms with E-state index in [2.05, 4.69) is 23.6 Å². The number of hydrogen-bond donors (Lipinski definition) is 1. The number of carbonyl (C=O) groups excluding carboxylic acids is 1. The normalized spacial score (nSPS) is 21.2. The van der Waals surface area contributed by atoms with Gasteiger partial charge in [0.05, 0.1) is 17.7 Å². The van der Waals surface area contributed by atoms with Gasteiger partial charge in [-0.15, -0.1) is 0 Å². The van der Waals surface area contributed by atoms with E-state index in [0.29, 0.717) is 24.9 Å². The van der Waals surface area contributed by atoms with Gasteiger partial charge in [-0.3, -0.25) is 9.69 Å². The second-order valence-corrected chi connectivity index (χ2v) is 10.9. The number of likely N-dealkylation sites (tertiary alicyclic amines) is 2. The topological polar surface area (TPSA) is 89.6 Å². The van der Waals surface area contributed by atoms with Gasteiger partial charge in [0.15, 0.2) is 0 Å². The summed E-state index contributed by atoms with van der Waals surface area (Å²) in [5, 5.41) is 21.0. The van der Waals surface area contributed by atoms with Crippen molar-refractivity contribution in [2.45, 2.75) is 83.0 Å².